The average molecular weight is 243 g/mol. The molecule has 0 saturated heterocycles. The van der Waals surface area contributed by atoms with E-state index >= 15 is 0 Å². The fourth-order valence-corrected chi connectivity index (χ4v) is 1.69. The van der Waals surface area contributed by atoms with Gasteiger partial charge in [0.05, 0.1) is 7.11 Å². The van der Waals surface area contributed by atoms with Crippen LogP contribution in [0, 0.1) is 6.92 Å². The summed E-state index contributed by atoms with van der Waals surface area (Å²) in [6, 6.07) is 6.23. The maximum absolute atomic E-state index is 5.25. The number of methoxy groups -OCH3 is 1. The van der Waals surface area contributed by atoms with E-state index in [1.807, 2.05) is 6.07 Å². The first-order chi connectivity index (χ1) is 6.29. The minimum atomic E-state index is 0.993. The zero-order chi connectivity index (χ0) is 9.68. The molecule has 0 aliphatic heterocycles. The monoisotopic (exact) mass is 242 g/mol. The Bertz CT molecular complexity index is 271. The van der Waals surface area contributed by atoms with Gasteiger partial charge in [0.15, 0.2) is 0 Å². The molecule has 0 aliphatic carbocycles. The first kappa shape index (κ1) is 10.6. The second kappa shape index (κ2) is 5.28. The normalized spacial score (nSPS) is 10.1. The number of alkyl halides is 1. The van der Waals surface area contributed by atoms with Crippen LogP contribution in [0.25, 0.3) is 0 Å². The zero-order valence-corrected chi connectivity index (χ0v) is 9.73. The summed E-state index contributed by atoms with van der Waals surface area (Å²) in [5.41, 5.74) is 2.66. The number of aryl methyl sites for hydroxylation is 1. The van der Waals surface area contributed by atoms with Crippen LogP contribution >= 0.6 is 15.9 Å². The molecule has 0 saturated carbocycles. The van der Waals surface area contributed by atoms with Crippen LogP contribution < -0.4 is 4.74 Å². The van der Waals surface area contributed by atoms with Crippen LogP contribution in [-0.2, 0) is 6.42 Å². The van der Waals surface area contributed by atoms with Crippen molar-refractivity contribution in [1.82, 2.24) is 0 Å². The summed E-state index contributed by atoms with van der Waals surface area (Å²) < 4.78 is 5.25. The van der Waals surface area contributed by atoms with E-state index in [0.29, 0.717) is 0 Å². The van der Waals surface area contributed by atoms with E-state index in [1.54, 1.807) is 7.11 Å². The molecule has 1 rings (SSSR count). The van der Waals surface area contributed by atoms with Crippen LogP contribution in [0.1, 0.15) is 17.5 Å². The Labute approximate surface area is 88.2 Å². The van der Waals surface area contributed by atoms with E-state index in [1.165, 1.54) is 17.5 Å². The van der Waals surface area contributed by atoms with Crippen molar-refractivity contribution in [2.75, 3.05) is 12.4 Å². The van der Waals surface area contributed by atoms with Crippen LogP contribution in [0.2, 0.25) is 0 Å². The molecule has 1 nitrogen and oxygen atoms in total. The van der Waals surface area contributed by atoms with Crippen LogP contribution in [0.5, 0.6) is 5.75 Å². The molecule has 13 heavy (non-hydrogen) atoms. The van der Waals surface area contributed by atoms with Gasteiger partial charge in [0.2, 0.25) is 0 Å². The van der Waals surface area contributed by atoms with Gasteiger partial charge >= 0.3 is 0 Å². The molecule has 0 fully saturated rings. The highest BCUT2D eigenvalue weighted by Crippen LogP contribution is 2.21. The minimum absolute atomic E-state index is 0.993. The first-order valence-corrected chi connectivity index (χ1v) is 5.60. The summed E-state index contributed by atoms with van der Waals surface area (Å²) in [4.78, 5) is 0. The standard InChI is InChI=1S/C11H15BrO/c1-9-10(6-4-8-12)5-3-7-11(9)13-2/h3,5,7H,4,6,8H2,1-2H3. The second-order valence-electron chi connectivity index (χ2n) is 3.04. The van der Waals surface area contributed by atoms with Crippen LogP contribution in [0.15, 0.2) is 18.2 Å². The molecular weight excluding hydrogens is 228 g/mol. The smallest absolute Gasteiger partial charge is 0.122 e. The Hall–Kier alpha value is -0.500. The Morgan fingerprint density at radius 3 is 2.77 bits per heavy atom. The molecule has 0 heterocycles. The Morgan fingerprint density at radius 2 is 2.15 bits per heavy atom. The Balaban J connectivity index is 2.81. The molecule has 0 aliphatic rings. The van der Waals surface area contributed by atoms with Crippen molar-refractivity contribution in [2.24, 2.45) is 0 Å². The molecule has 72 valence electrons. The van der Waals surface area contributed by atoms with Gasteiger partial charge in [0.25, 0.3) is 0 Å². The second-order valence-corrected chi connectivity index (χ2v) is 3.83. The maximum Gasteiger partial charge on any atom is 0.122 e. The van der Waals surface area contributed by atoms with Crippen molar-refractivity contribution in [2.45, 2.75) is 19.8 Å². The molecule has 0 N–H and O–H groups in total. The van der Waals surface area contributed by atoms with Gasteiger partial charge in [-0.3, -0.25) is 0 Å². The topological polar surface area (TPSA) is 9.23 Å². The van der Waals surface area contributed by atoms with Gasteiger partial charge in [0.1, 0.15) is 5.75 Å². The Morgan fingerprint density at radius 1 is 1.38 bits per heavy atom. The summed E-state index contributed by atoms with van der Waals surface area (Å²) in [6.07, 6.45) is 2.29. The van der Waals surface area contributed by atoms with E-state index in [2.05, 4.69) is 35.0 Å². The highest BCUT2D eigenvalue weighted by Gasteiger charge is 2.02. The lowest BCUT2D eigenvalue weighted by Crippen LogP contribution is -1.94. The molecule has 0 bridgehead atoms. The summed E-state index contributed by atoms with van der Waals surface area (Å²) in [5, 5.41) is 1.06. The fraction of sp³-hybridized carbons (Fsp3) is 0.455. The SMILES string of the molecule is COc1cccc(CCCBr)c1C. The lowest BCUT2D eigenvalue weighted by Gasteiger charge is -2.09. The lowest BCUT2D eigenvalue weighted by molar-refractivity contribution is 0.411. The van der Waals surface area contributed by atoms with Gasteiger partial charge < -0.3 is 4.74 Å². The molecule has 1 aromatic carbocycles. The molecule has 1 aromatic rings. The Kier molecular flexibility index (Phi) is 4.29. The number of benzene rings is 1. The van der Waals surface area contributed by atoms with E-state index in [9.17, 15) is 0 Å². The molecule has 0 amide bonds. The van der Waals surface area contributed by atoms with Crippen molar-refractivity contribution in [3.63, 3.8) is 0 Å². The average Bonchev–Trinajstić information content (AvgIpc) is 2.16. The van der Waals surface area contributed by atoms with Crippen molar-refractivity contribution in [3.05, 3.63) is 29.3 Å². The summed E-state index contributed by atoms with van der Waals surface area (Å²) in [7, 11) is 1.72. The third kappa shape index (κ3) is 2.73. The number of ether oxygens (including phenoxy) is 1. The predicted octanol–water partition coefficient (Wildman–Crippen LogP) is 3.33. The minimum Gasteiger partial charge on any atom is -0.496 e. The molecule has 0 aromatic heterocycles. The van der Waals surface area contributed by atoms with Crippen molar-refractivity contribution < 1.29 is 4.74 Å². The quantitative estimate of drug-likeness (QED) is 0.737. The highest BCUT2D eigenvalue weighted by molar-refractivity contribution is 9.09. The lowest BCUT2D eigenvalue weighted by atomic mass is 10.0. The van der Waals surface area contributed by atoms with Crippen molar-refractivity contribution in [1.29, 1.82) is 0 Å². The molecule has 0 unspecified atom stereocenters. The maximum atomic E-state index is 5.25. The van der Waals surface area contributed by atoms with Crippen molar-refractivity contribution >= 4 is 15.9 Å². The molecular formula is C11H15BrO. The van der Waals surface area contributed by atoms with Crippen LogP contribution in [-0.4, -0.2) is 12.4 Å². The highest BCUT2D eigenvalue weighted by atomic mass is 79.9. The van der Waals surface area contributed by atoms with Crippen LogP contribution in [0.3, 0.4) is 0 Å². The van der Waals surface area contributed by atoms with Crippen LogP contribution in [0.4, 0.5) is 0 Å². The summed E-state index contributed by atoms with van der Waals surface area (Å²) >= 11 is 3.44. The summed E-state index contributed by atoms with van der Waals surface area (Å²) in [6.45, 7) is 2.11. The first-order valence-electron chi connectivity index (χ1n) is 4.48. The van der Waals surface area contributed by atoms with E-state index < -0.39 is 0 Å². The van der Waals surface area contributed by atoms with E-state index in [-0.39, 0.29) is 0 Å². The van der Waals surface area contributed by atoms with Gasteiger partial charge in [-0.25, -0.2) is 0 Å². The predicted molar refractivity (Wildman–Crippen MR) is 59.8 cm³/mol. The summed E-state index contributed by atoms with van der Waals surface area (Å²) in [5.74, 6) is 0.993. The largest absolute Gasteiger partial charge is 0.496 e. The van der Waals surface area contributed by atoms with E-state index in [4.69, 9.17) is 4.74 Å². The number of hydrogen-bond donors (Lipinski definition) is 0. The molecule has 0 atom stereocenters. The van der Waals surface area contributed by atoms with Gasteiger partial charge in [-0.1, -0.05) is 28.1 Å². The van der Waals surface area contributed by atoms with Gasteiger partial charge in [-0.2, -0.15) is 0 Å². The number of halogens is 1. The molecule has 0 spiro atoms. The number of rotatable bonds is 4. The zero-order valence-electron chi connectivity index (χ0n) is 8.14. The third-order valence-electron chi connectivity index (χ3n) is 2.20. The van der Waals surface area contributed by atoms with Gasteiger partial charge in [0, 0.05) is 5.33 Å². The van der Waals surface area contributed by atoms with E-state index in [0.717, 1.165) is 17.5 Å². The molecule has 0 radical (unpaired) electrons. The van der Waals surface area contributed by atoms with Gasteiger partial charge in [-0.05, 0) is 37.0 Å². The van der Waals surface area contributed by atoms with Crippen molar-refractivity contribution in [3.8, 4) is 5.75 Å². The third-order valence-corrected chi connectivity index (χ3v) is 2.76. The van der Waals surface area contributed by atoms with Gasteiger partial charge in [-0.15, -0.1) is 0 Å². The fourth-order valence-electron chi connectivity index (χ4n) is 1.41. The number of hydrogen-bond acceptors (Lipinski definition) is 1. The molecule has 2 heteroatoms.